The van der Waals surface area contributed by atoms with E-state index < -0.39 is 11.9 Å². The van der Waals surface area contributed by atoms with Gasteiger partial charge in [0.2, 0.25) is 0 Å². The summed E-state index contributed by atoms with van der Waals surface area (Å²) in [5.74, 6) is 0. The van der Waals surface area contributed by atoms with Gasteiger partial charge in [-0.3, -0.25) is 0 Å². The maximum absolute atomic E-state index is 13.0. The first-order valence-corrected chi connectivity index (χ1v) is 5.76. The standard InChI is InChI=1S/C13H15F3N2/c1-8-3-4-11-10(7-8)9(5-6-17-2)12(18-11)13(14,15)16/h3-4,7,17-18H,5-6H2,1-2H3. The van der Waals surface area contributed by atoms with Crippen LogP contribution in [0.15, 0.2) is 18.2 Å². The third-order valence-electron chi connectivity index (χ3n) is 2.97. The Labute approximate surface area is 103 Å². The average Bonchev–Trinajstić information content (AvgIpc) is 2.64. The van der Waals surface area contributed by atoms with Crippen molar-refractivity contribution in [3.8, 4) is 0 Å². The van der Waals surface area contributed by atoms with Gasteiger partial charge in [-0.2, -0.15) is 13.2 Å². The lowest BCUT2D eigenvalue weighted by Gasteiger charge is -2.08. The minimum Gasteiger partial charge on any atom is -0.351 e. The number of benzene rings is 1. The number of nitrogens with one attached hydrogen (secondary N) is 2. The van der Waals surface area contributed by atoms with Gasteiger partial charge in [0.25, 0.3) is 0 Å². The van der Waals surface area contributed by atoms with Crippen LogP contribution in [0, 0.1) is 6.92 Å². The second-order valence-corrected chi connectivity index (χ2v) is 4.38. The fourth-order valence-electron chi connectivity index (χ4n) is 2.11. The summed E-state index contributed by atoms with van der Waals surface area (Å²) in [5.41, 5.74) is 1.22. The van der Waals surface area contributed by atoms with Crippen LogP contribution < -0.4 is 5.32 Å². The van der Waals surface area contributed by atoms with Gasteiger partial charge >= 0.3 is 6.18 Å². The molecule has 0 fully saturated rings. The van der Waals surface area contributed by atoms with Crippen LogP contribution in [0.1, 0.15) is 16.8 Å². The fraction of sp³-hybridized carbons (Fsp3) is 0.385. The van der Waals surface area contributed by atoms with Gasteiger partial charge in [-0.05, 0) is 44.6 Å². The molecule has 0 aliphatic carbocycles. The summed E-state index contributed by atoms with van der Waals surface area (Å²) in [6.07, 6.45) is -3.98. The normalized spacial score (nSPS) is 12.3. The highest BCUT2D eigenvalue weighted by atomic mass is 19.4. The summed E-state index contributed by atoms with van der Waals surface area (Å²) in [7, 11) is 1.73. The number of hydrogen-bond donors (Lipinski definition) is 2. The van der Waals surface area contributed by atoms with Crippen molar-refractivity contribution < 1.29 is 13.2 Å². The molecule has 0 aliphatic heterocycles. The number of fused-ring (bicyclic) bond motifs is 1. The Morgan fingerprint density at radius 3 is 2.61 bits per heavy atom. The monoisotopic (exact) mass is 256 g/mol. The molecule has 2 nitrogen and oxygen atoms in total. The molecule has 0 saturated carbocycles. The molecular weight excluding hydrogens is 241 g/mol. The van der Waals surface area contributed by atoms with Crippen molar-refractivity contribution in [2.45, 2.75) is 19.5 Å². The number of alkyl halides is 3. The number of halogens is 3. The maximum atomic E-state index is 13.0. The first-order chi connectivity index (χ1) is 8.43. The SMILES string of the molecule is CNCCc1c(C(F)(F)F)[nH]c2ccc(C)cc12. The largest absolute Gasteiger partial charge is 0.431 e. The quantitative estimate of drug-likeness (QED) is 0.866. The second kappa shape index (κ2) is 4.65. The van der Waals surface area contributed by atoms with Crippen molar-refractivity contribution in [1.82, 2.24) is 10.3 Å². The zero-order chi connectivity index (χ0) is 13.3. The minimum absolute atomic E-state index is 0.343. The molecule has 2 N–H and O–H groups in total. The van der Waals surface area contributed by atoms with Gasteiger partial charge < -0.3 is 10.3 Å². The number of H-pyrrole nitrogens is 1. The Kier molecular flexibility index (Phi) is 3.34. The molecule has 1 aromatic carbocycles. The third-order valence-corrected chi connectivity index (χ3v) is 2.97. The van der Waals surface area contributed by atoms with Crippen LogP contribution in [0.2, 0.25) is 0 Å². The zero-order valence-electron chi connectivity index (χ0n) is 10.3. The molecule has 0 saturated heterocycles. The summed E-state index contributed by atoms with van der Waals surface area (Å²) >= 11 is 0. The Balaban J connectivity index is 2.62. The van der Waals surface area contributed by atoms with E-state index in [9.17, 15) is 13.2 Å². The van der Waals surface area contributed by atoms with Gasteiger partial charge in [-0.15, -0.1) is 0 Å². The van der Waals surface area contributed by atoms with Crippen LogP contribution >= 0.6 is 0 Å². The topological polar surface area (TPSA) is 27.8 Å². The van der Waals surface area contributed by atoms with Gasteiger partial charge in [-0.1, -0.05) is 11.6 Å². The molecule has 0 unspecified atom stereocenters. The summed E-state index contributed by atoms with van der Waals surface area (Å²) < 4.78 is 38.9. The van der Waals surface area contributed by atoms with E-state index in [4.69, 9.17) is 0 Å². The molecule has 1 aromatic heterocycles. The van der Waals surface area contributed by atoms with E-state index in [1.54, 1.807) is 25.2 Å². The lowest BCUT2D eigenvalue weighted by molar-refractivity contribution is -0.141. The Morgan fingerprint density at radius 2 is 2.00 bits per heavy atom. The summed E-state index contributed by atoms with van der Waals surface area (Å²) in [6.45, 7) is 2.39. The lowest BCUT2D eigenvalue weighted by Crippen LogP contribution is -2.14. The number of aryl methyl sites for hydroxylation is 1. The van der Waals surface area contributed by atoms with E-state index in [2.05, 4.69) is 10.3 Å². The van der Waals surface area contributed by atoms with E-state index in [-0.39, 0.29) is 0 Å². The first-order valence-electron chi connectivity index (χ1n) is 5.76. The number of aromatic amines is 1. The van der Waals surface area contributed by atoms with Crippen molar-refractivity contribution in [1.29, 1.82) is 0 Å². The van der Waals surface area contributed by atoms with Gasteiger partial charge in [-0.25, -0.2) is 0 Å². The number of rotatable bonds is 3. The number of aromatic nitrogens is 1. The molecule has 5 heteroatoms. The summed E-state index contributed by atoms with van der Waals surface area (Å²) in [5, 5.41) is 3.55. The third kappa shape index (κ3) is 2.36. The van der Waals surface area contributed by atoms with Gasteiger partial charge in [0.15, 0.2) is 0 Å². The fourth-order valence-corrected chi connectivity index (χ4v) is 2.11. The average molecular weight is 256 g/mol. The number of hydrogen-bond acceptors (Lipinski definition) is 1. The molecule has 0 amide bonds. The molecular formula is C13H15F3N2. The van der Waals surface area contributed by atoms with Crippen LogP contribution in [0.25, 0.3) is 10.9 Å². The second-order valence-electron chi connectivity index (χ2n) is 4.38. The van der Waals surface area contributed by atoms with Crippen molar-refractivity contribution in [3.63, 3.8) is 0 Å². The summed E-state index contributed by atoms with van der Waals surface area (Å²) in [4.78, 5) is 2.49. The van der Waals surface area contributed by atoms with Crippen LogP contribution in [-0.4, -0.2) is 18.6 Å². The molecule has 2 rings (SSSR count). The molecule has 0 bridgehead atoms. The van der Waals surface area contributed by atoms with Gasteiger partial charge in [0, 0.05) is 10.9 Å². The molecule has 0 aliphatic rings. The van der Waals surface area contributed by atoms with Crippen molar-refractivity contribution in [3.05, 3.63) is 35.0 Å². The first kappa shape index (κ1) is 13.0. The van der Waals surface area contributed by atoms with Crippen molar-refractivity contribution in [2.75, 3.05) is 13.6 Å². The predicted octanol–water partition coefficient (Wildman–Crippen LogP) is 3.26. The Morgan fingerprint density at radius 1 is 1.28 bits per heavy atom. The predicted molar refractivity (Wildman–Crippen MR) is 65.7 cm³/mol. The van der Waals surface area contributed by atoms with Gasteiger partial charge in [0.1, 0.15) is 5.69 Å². The van der Waals surface area contributed by atoms with Crippen LogP contribution in [0.3, 0.4) is 0 Å². The van der Waals surface area contributed by atoms with Crippen LogP contribution in [0.5, 0.6) is 0 Å². The molecule has 0 radical (unpaired) electrons. The molecule has 18 heavy (non-hydrogen) atoms. The maximum Gasteiger partial charge on any atom is 0.431 e. The number of likely N-dealkylation sites (N-methyl/N-ethyl adjacent to an activating group) is 1. The smallest absolute Gasteiger partial charge is 0.351 e. The van der Waals surface area contributed by atoms with Crippen LogP contribution in [-0.2, 0) is 12.6 Å². The van der Waals surface area contributed by atoms with E-state index in [0.717, 1.165) is 5.56 Å². The Bertz CT molecular complexity index is 555. The Hall–Kier alpha value is -1.49. The van der Waals surface area contributed by atoms with E-state index in [1.807, 2.05) is 6.92 Å². The zero-order valence-corrected chi connectivity index (χ0v) is 10.3. The van der Waals surface area contributed by atoms with Crippen molar-refractivity contribution in [2.24, 2.45) is 0 Å². The highest BCUT2D eigenvalue weighted by Crippen LogP contribution is 2.35. The molecule has 1 heterocycles. The molecule has 0 spiro atoms. The van der Waals surface area contributed by atoms with Crippen LogP contribution in [0.4, 0.5) is 13.2 Å². The van der Waals surface area contributed by atoms with E-state index >= 15 is 0 Å². The lowest BCUT2D eigenvalue weighted by atomic mass is 10.1. The van der Waals surface area contributed by atoms with E-state index in [0.29, 0.717) is 29.4 Å². The highest BCUT2D eigenvalue weighted by Gasteiger charge is 2.36. The summed E-state index contributed by atoms with van der Waals surface area (Å²) in [6, 6.07) is 5.30. The molecule has 2 aromatic rings. The minimum atomic E-state index is -4.34. The van der Waals surface area contributed by atoms with Crippen molar-refractivity contribution >= 4 is 10.9 Å². The van der Waals surface area contributed by atoms with E-state index in [1.165, 1.54) is 0 Å². The highest BCUT2D eigenvalue weighted by molar-refractivity contribution is 5.85. The molecule has 0 atom stereocenters. The molecule has 98 valence electrons. The van der Waals surface area contributed by atoms with Gasteiger partial charge in [0.05, 0.1) is 0 Å².